The highest BCUT2D eigenvalue weighted by molar-refractivity contribution is 7.99. The molecule has 0 atom stereocenters. The van der Waals surface area contributed by atoms with Gasteiger partial charge in [0.25, 0.3) is 0 Å². The topological polar surface area (TPSA) is 37.8 Å². The van der Waals surface area contributed by atoms with Gasteiger partial charge in [0, 0.05) is 34.9 Å². The van der Waals surface area contributed by atoms with Gasteiger partial charge in [-0.1, -0.05) is 0 Å². The van der Waals surface area contributed by atoms with Gasteiger partial charge in [-0.3, -0.25) is 0 Å². The van der Waals surface area contributed by atoms with Gasteiger partial charge in [-0.05, 0) is 50.7 Å². The van der Waals surface area contributed by atoms with E-state index in [1.54, 1.807) is 12.4 Å². The number of nitrogens with one attached hydrogen (secondary N) is 1. The van der Waals surface area contributed by atoms with Crippen molar-refractivity contribution in [2.24, 2.45) is 0 Å². The van der Waals surface area contributed by atoms with Crippen molar-refractivity contribution in [2.45, 2.75) is 42.9 Å². The van der Waals surface area contributed by atoms with Crippen molar-refractivity contribution < 1.29 is 8.78 Å². The van der Waals surface area contributed by atoms with Crippen LogP contribution in [-0.2, 0) is 6.54 Å². The molecule has 0 aliphatic rings. The molecule has 0 aliphatic heterocycles. The van der Waals surface area contributed by atoms with Crippen LogP contribution >= 0.6 is 11.8 Å². The summed E-state index contributed by atoms with van der Waals surface area (Å²) in [5.41, 5.74) is 0.999. The molecule has 0 amide bonds. The number of halogens is 2. The van der Waals surface area contributed by atoms with Gasteiger partial charge < -0.3 is 5.32 Å². The van der Waals surface area contributed by atoms with Gasteiger partial charge in [0.05, 0.1) is 0 Å². The Morgan fingerprint density at radius 3 is 2.33 bits per heavy atom. The van der Waals surface area contributed by atoms with Crippen molar-refractivity contribution in [3.05, 3.63) is 47.8 Å². The summed E-state index contributed by atoms with van der Waals surface area (Å²) in [6, 6.07) is 3.74. The van der Waals surface area contributed by atoms with Crippen molar-refractivity contribution in [3.8, 4) is 0 Å². The molecule has 112 valence electrons. The average molecular weight is 309 g/mol. The Hall–Kier alpha value is -1.53. The van der Waals surface area contributed by atoms with E-state index in [2.05, 4.69) is 36.1 Å². The first-order valence-corrected chi connectivity index (χ1v) is 7.34. The first-order valence-electron chi connectivity index (χ1n) is 6.52. The third-order valence-corrected chi connectivity index (χ3v) is 3.49. The van der Waals surface area contributed by atoms with Crippen LogP contribution in [0.25, 0.3) is 0 Å². The number of hydrogen-bond acceptors (Lipinski definition) is 4. The molecular weight excluding hydrogens is 292 g/mol. The molecule has 0 spiro atoms. The Kier molecular flexibility index (Phi) is 4.90. The van der Waals surface area contributed by atoms with Gasteiger partial charge in [0.2, 0.25) is 0 Å². The third kappa shape index (κ3) is 5.06. The van der Waals surface area contributed by atoms with E-state index in [1.807, 2.05) is 0 Å². The molecule has 0 saturated heterocycles. The fourth-order valence-corrected chi connectivity index (χ4v) is 2.22. The summed E-state index contributed by atoms with van der Waals surface area (Å²) in [5.74, 6) is -1.73. The lowest BCUT2D eigenvalue weighted by Crippen LogP contribution is -2.35. The number of nitrogens with zero attached hydrogens (tertiary/aromatic N) is 2. The first-order chi connectivity index (χ1) is 9.83. The second-order valence-electron chi connectivity index (χ2n) is 5.66. The summed E-state index contributed by atoms with van der Waals surface area (Å²) < 4.78 is 26.0. The quantitative estimate of drug-likeness (QED) is 0.872. The predicted octanol–water partition coefficient (Wildman–Crippen LogP) is 3.79. The molecule has 1 aromatic carbocycles. The van der Waals surface area contributed by atoms with Gasteiger partial charge in [-0.15, -0.1) is 0 Å². The van der Waals surface area contributed by atoms with Crippen LogP contribution in [0.15, 0.2) is 40.6 Å². The monoisotopic (exact) mass is 309 g/mol. The van der Waals surface area contributed by atoms with Gasteiger partial charge >= 0.3 is 0 Å². The van der Waals surface area contributed by atoms with Gasteiger partial charge in [-0.2, -0.15) is 0 Å². The van der Waals surface area contributed by atoms with Crippen LogP contribution in [0.2, 0.25) is 0 Å². The standard InChI is InChI=1S/C15H17F2N3S/c1-15(2,3)20-9-10-7-18-14(19-8-10)21-11-4-5-12(16)13(17)6-11/h4-8,20H,9H2,1-3H3. The van der Waals surface area contributed by atoms with Crippen molar-refractivity contribution in [3.63, 3.8) is 0 Å². The molecule has 0 unspecified atom stereocenters. The Bertz CT molecular complexity index is 609. The molecule has 0 radical (unpaired) electrons. The number of benzene rings is 1. The molecule has 1 heterocycles. The van der Waals surface area contributed by atoms with Crippen molar-refractivity contribution in [2.75, 3.05) is 0 Å². The average Bonchev–Trinajstić information content (AvgIpc) is 2.41. The van der Waals surface area contributed by atoms with E-state index >= 15 is 0 Å². The molecule has 21 heavy (non-hydrogen) atoms. The van der Waals surface area contributed by atoms with Gasteiger partial charge in [-0.25, -0.2) is 18.7 Å². The largest absolute Gasteiger partial charge is 0.308 e. The Labute approximate surface area is 127 Å². The van der Waals surface area contributed by atoms with Crippen LogP contribution in [0.4, 0.5) is 8.78 Å². The van der Waals surface area contributed by atoms with Crippen LogP contribution in [0.1, 0.15) is 26.3 Å². The molecule has 0 bridgehead atoms. The van der Waals surface area contributed by atoms with Crippen molar-refractivity contribution in [1.29, 1.82) is 0 Å². The Morgan fingerprint density at radius 2 is 1.76 bits per heavy atom. The zero-order valence-corrected chi connectivity index (χ0v) is 13.0. The summed E-state index contributed by atoms with van der Waals surface area (Å²) in [4.78, 5) is 9.01. The Morgan fingerprint density at radius 1 is 1.10 bits per heavy atom. The number of rotatable bonds is 4. The predicted molar refractivity (Wildman–Crippen MR) is 79.1 cm³/mol. The van der Waals surface area contributed by atoms with E-state index in [0.717, 1.165) is 17.7 Å². The minimum absolute atomic E-state index is 0.0268. The van der Waals surface area contributed by atoms with E-state index < -0.39 is 11.6 Å². The molecule has 6 heteroatoms. The van der Waals surface area contributed by atoms with Crippen LogP contribution in [0, 0.1) is 11.6 Å². The molecule has 3 nitrogen and oxygen atoms in total. The van der Waals surface area contributed by atoms with Crippen LogP contribution in [0.5, 0.6) is 0 Å². The lowest BCUT2D eigenvalue weighted by Gasteiger charge is -2.20. The summed E-state index contributed by atoms with van der Waals surface area (Å²) in [5, 5.41) is 3.84. The first kappa shape index (κ1) is 15.9. The van der Waals surface area contributed by atoms with E-state index in [1.165, 1.54) is 17.8 Å². The van der Waals surface area contributed by atoms with Crippen molar-refractivity contribution in [1.82, 2.24) is 15.3 Å². The normalized spacial score (nSPS) is 11.7. The highest BCUT2D eigenvalue weighted by Crippen LogP contribution is 2.25. The zero-order valence-electron chi connectivity index (χ0n) is 12.2. The maximum Gasteiger partial charge on any atom is 0.192 e. The van der Waals surface area contributed by atoms with E-state index in [-0.39, 0.29) is 5.54 Å². The highest BCUT2D eigenvalue weighted by Gasteiger charge is 2.09. The van der Waals surface area contributed by atoms with Gasteiger partial charge in [0.1, 0.15) is 0 Å². The number of aromatic nitrogens is 2. The second-order valence-corrected chi connectivity index (χ2v) is 6.70. The van der Waals surface area contributed by atoms with Crippen LogP contribution in [-0.4, -0.2) is 15.5 Å². The maximum absolute atomic E-state index is 13.1. The Balaban J connectivity index is 2.00. The molecule has 1 aromatic heterocycles. The molecule has 1 N–H and O–H groups in total. The highest BCUT2D eigenvalue weighted by atomic mass is 32.2. The lowest BCUT2D eigenvalue weighted by atomic mass is 10.1. The van der Waals surface area contributed by atoms with E-state index in [9.17, 15) is 8.78 Å². The molecule has 0 saturated carbocycles. The molecule has 0 fully saturated rings. The summed E-state index contributed by atoms with van der Waals surface area (Å²) in [7, 11) is 0. The fourth-order valence-electron chi connectivity index (χ4n) is 1.50. The van der Waals surface area contributed by atoms with Crippen LogP contribution in [0.3, 0.4) is 0 Å². The van der Waals surface area contributed by atoms with E-state index in [4.69, 9.17) is 0 Å². The van der Waals surface area contributed by atoms with E-state index in [0.29, 0.717) is 16.6 Å². The van der Waals surface area contributed by atoms with Crippen LogP contribution < -0.4 is 5.32 Å². The minimum Gasteiger partial charge on any atom is -0.308 e. The molecule has 2 aromatic rings. The smallest absolute Gasteiger partial charge is 0.192 e. The zero-order chi connectivity index (χ0) is 15.5. The third-order valence-electron chi connectivity index (χ3n) is 2.60. The number of hydrogen-bond donors (Lipinski definition) is 1. The SMILES string of the molecule is CC(C)(C)NCc1cnc(Sc2ccc(F)c(F)c2)nc1. The van der Waals surface area contributed by atoms with Gasteiger partial charge in [0.15, 0.2) is 16.8 Å². The minimum atomic E-state index is -0.869. The lowest BCUT2D eigenvalue weighted by molar-refractivity contribution is 0.423. The van der Waals surface area contributed by atoms with Crippen molar-refractivity contribution >= 4 is 11.8 Å². The summed E-state index contributed by atoms with van der Waals surface area (Å²) >= 11 is 1.19. The molecular formula is C15H17F2N3S. The summed E-state index contributed by atoms with van der Waals surface area (Å²) in [6.07, 6.45) is 3.46. The second kappa shape index (κ2) is 6.49. The maximum atomic E-state index is 13.1. The molecule has 2 rings (SSSR count). The fraction of sp³-hybridized carbons (Fsp3) is 0.333. The molecule has 0 aliphatic carbocycles. The summed E-state index contributed by atoms with van der Waals surface area (Å²) in [6.45, 7) is 6.93.